The molecule has 0 saturated carbocycles. The summed E-state index contributed by atoms with van der Waals surface area (Å²) in [6, 6.07) is 1.51. The standard InChI is InChI=1S/C13H12Br2N2O6/c1-6-4-7(14)11(10(15)12(6)17(20)21)16-8(13(19)23-3)5-9(18)22-2/h4-5,16H,1-3H3/b8-5+. The van der Waals surface area contributed by atoms with Crippen molar-refractivity contribution in [1.82, 2.24) is 0 Å². The Balaban J connectivity index is 3.42. The molecule has 23 heavy (non-hydrogen) atoms. The van der Waals surface area contributed by atoms with Crippen LogP contribution in [0.5, 0.6) is 0 Å². The fraction of sp³-hybridized carbons (Fsp3) is 0.231. The Morgan fingerprint density at radius 2 is 1.91 bits per heavy atom. The number of hydrogen-bond donors (Lipinski definition) is 1. The van der Waals surface area contributed by atoms with Gasteiger partial charge in [0.2, 0.25) is 0 Å². The van der Waals surface area contributed by atoms with Crippen LogP contribution in [0.2, 0.25) is 0 Å². The number of nitro benzene ring substituents is 1. The summed E-state index contributed by atoms with van der Waals surface area (Å²) in [5.74, 6) is -1.62. The number of aryl methyl sites for hydroxylation is 1. The molecule has 0 aliphatic heterocycles. The summed E-state index contributed by atoms with van der Waals surface area (Å²) in [4.78, 5) is 33.7. The smallest absolute Gasteiger partial charge is 0.354 e. The van der Waals surface area contributed by atoms with Gasteiger partial charge in [-0.1, -0.05) is 0 Å². The second-order valence-electron chi connectivity index (χ2n) is 4.17. The lowest BCUT2D eigenvalue weighted by atomic mass is 10.2. The predicted octanol–water partition coefficient (Wildman–Crippen LogP) is 3.07. The van der Waals surface area contributed by atoms with Crippen LogP contribution in [0.1, 0.15) is 5.56 Å². The van der Waals surface area contributed by atoms with E-state index in [4.69, 9.17) is 0 Å². The van der Waals surface area contributed by atoms with Gasteiger partial charge >= 0.3 is 11.9 Å². The van der Waals surface area contributed by atoms with Crippen molar-refractivity contribution in [1.29, 1.82) is 0 Å². The SMILES string of the molecule is COC(=O)/C=C(/Nc1c(Br)cc(C)c([N+](=O)[O-])c1Br)C(=O)OC. The fourth-order valence-corrected chi connectivity index (χ4v) is 3.31. The Labute approximate surface area is 148 Å². The van der Waals surface area contributed by atoms with Crippen molar-refractivity contribution in [2.24, 2.45) is 0 Å². The lowest BCUT2D eigenvalue weighted by molar-refractivity contribution is -0.386. The number of carbonyl (C=O) groups excluding carboxylic acids is 2. The molecule has 0 unspecified atom stereocenters. The maximum Gasteiger partial charge on any atom is 0.354 e. The van der Waals surface area contributed by atoms with Gasteiger partial charge in [-0.05, 0) is 44.8 Å². The minimum Gasteiger partial charge on any atom is -0.466 e. The Morgan fingerprint density at radius 1 is 1.30 bits per heavy atom. The normalized spacial score (nSPS) is 10.9. The van der Waals surface area contributed by atoms with Gasteiger partial charge in [-0.2, -0.15) is 0 Å². The van der Waals surface area contributed by atoms with E-state index in [2.05, 4.69) is 46.7 Å². The zero-order valence-corrected chi connectivity index (χ0v) is 15.5. The first-order valence-corrected chi connectivity index (χ1v) is 7.59. The van der Waals surface area contributed by atoms with Crippen molar-refractivity contribution in [2.45, 2.75) is 6.92 Å². The van der Waals surface area contributed by atoms with Crippen LogP contribution in [0.25, 0.3) is 0 Å². The molecule has 0 atom stereocenters. The van der Waals surface area contributed by atoms with E-state index in [1.165, 1.54) is 6.07 Å². The number of hydrogen-bond acceptors (Lipinski definition) is 7. The van der Waals surface area contributed by atoms with Crippen LogP contribution >= 0.6 is 31.9 Å². The summed E-state index contributed by atoms with van der Waals surface area (Å²) in [6.45, 7) is 1.57. The average molecular weight is 452 g/mol. The molecule has 0 bridgehead atoms. The van der Waals surface area contributed by atoms with Gasteiger partial charge in [0.15, 0.2) is 0 Å². The quantitative estimate of drug-likeness (QED) is 0.317. The first kappa shape index (κ1) is 19.1. The Morgan fingerprint density at radius 3 is 2.39 bits per heavy atom. The average Bonchev–Trinajstić information content (AvgIpc) is 2.48. The summed E-state index contributed by atoms with van der Waals surface area (Å²) < 4.78 is 9.60. The molecule has 124 valence electrons. The number of methoxy groups -OCH3 is 2. The molecule has 0 fully saturated rings. The molecule has 1 rings (SSSR count). The van der Waals surface area contributed by atoms with Crippen LogP contribution in [-0.4, -0.2) is 31.1 Å². The number of nitrogens with zero attached hydrogens (tertiary/aromatic N) is 1. The third-order valence-corrected chi connectivity index (χ3v) is 4.09. The van der Waals surface area contributed by atoms with Gasteiger partial charge in [-0.15, -0.1) is 0 Å². The Bertz CT molecular complexity index is 702. The molecule has 0 aliphatic carbocycles. The van der Waals surface area contributed by atoms with Crippen molar-refractivity contribution in [3.05, 3.63) is 42.5 Å². The van der Waals surface area contributed by atoms with Crippen LogP contribution < -0.4 is 5.32 Å². The second-order valence-corrected chi connectivity index (χ2v) is 5.82. The number of rotatable bonds is 5. The Kier molecular flexibility index (Phi) is 6.70. The fourth-order valence-electron chi connectivity index (χ4n) is 1.63. The van der Waals surface area contributed by atoms with Gasteiger partial charge in [0.1, 0.15) is 10.2 Å². The molecule has 1 N–H and O–H groups in total. The van der Waals surface area contributed by atoms with Crippen LogP contribution in [0.3, 0.4) is 0 Å². The van der Waals surface area contributed by atoms with Gasteiger partial charge in [0.05, 0.1) is 30.9 Å². The van der Waals surface area contributed by atoms with Crippen molar-refractivity contribution < 1.29 is 24.0 Å². The highest BCUT2D eigenvalue weighted by Gasteiger charge is 2.24. The van der Waals surface area contributed by atoms with Crippen molar-refractivity contribution in [2.75, 3.05) is 19.5 Å². The summed E-state index contributed by atoms with van der Waals surface area (Å²) in [5, 5.41) is 13.8. The van der Waals surface area contributed by atoms with Crippen LogP contribution in [-0.2, 0) is 19.1 Å². The minimum absolute atomic E-state index is 0.119. The third-order valence-electron chi connectivity index (χ3n) is 2.69. The summed E-state index contributed by atoms with van der Waals surface area (Å²) in [7, 11) is 2.28. The van der Waals surface area contributed by atoms with Crippen molar-refractivity contribution in [3.8, 4) is 0 Å². The molecule has 0 saturated heterocycles. The molecule has 0 heterocycles. The van der Waals surface area contributed by atoms with Gasteiger partial charge in [-0.25, -0.2) is 9.59 Å². The minimum atomic E-state index is -0.836. The zero-order chi connectivity index (χ0) is 17.7. The van der Waals surface area contributed by atoms with Crippen LogP contribution in [0.4, 0.5) is 11.4 Å². The zero-order valence-electron chi connectivity index (χ0n) is 12.3. The highest BCUT2D eigenvalue weighted by atomic mass is 79.9. The molecule has 1 aromatic carbocycles. The van der Waals surface area contributed by atoms with Gasteiger partial charge < -0.3 is 14.8 Å². The number of esters is 2. The summed E-state index contributed by atoms with van der Waals surface area (Å²) in [5.41, 5.74) is 0.204. The van der Waals surface area contributed by atoms with E-state index in [9.17, 15) is 19.7 Å². The van der Waals surface area contributed by atoms with E-state index in [0.29, 0.717) is 10.0 Å². The molecular formula is C13H12Br2N2O6. The molecule has 8 nitrogen and oxygen atoms in total. The van der Waals surface area contributed by atoms with E-state index in [-0.39, 0.29) is 21.5 Å². The molecular weight excluding hydrogens is 440 g/mol. The first-order valence-electron chi connectivity index (χ1n) is 6.00. The van der Waals surface area contributed by atoms with Crippen molar-refractivity contribution in [3.63, 3.8) is 0 Å². The number of halogens is 2. The number of anilines is 1. The summed E-state index contributed by atoms with van der Waals surface area (Å²) in [6.07, 6.45) is 0.885. The molecule has 0 aromatic heterocycles. The van der Waals surface area contributed by atoms with E-state index < -0.39 is 16.9 Å². The van der Waals surface area contributed by atoms with E-state index >= 15 is 0 Å². The molecule has 0 radical (unpaired) electrons. The number of benzene rings is 1. The monoisotopic (exact) mass is 450 g/mol. The molecule has 10 heteroatoms. The lowest BCUT2D eigenvalue weighted by Crippen LogP contribution is -2.16. The molecule has 0 amide bonds. The maximum absolute atomic E-state index is 11.8. The second kappa shape index (κ2) is 8.06. The number of nitrogens with one attached hydrogen (secondary N) is 1. The highest BCUT2D eigenvalue weighted by molar-refractivity contribution is 9.11. The van der Waals surface area contributed by atoms with Gasteiger partial charge in [0, 0.05) is 10.0 Å². The number of carbonyl (C=O) groups is 2. The van der Waals surface area contributed by atoms with Gasteiger partial charge in [0.25, 0.3) is 5.69 Å². The third kappa shape index (κ3) is 4.52. The van der Waals surface area contributed by atoms with Crippen LogP contribution in [0.15, 0.2) is 26.8 Å². The molecule has 1 aromatic rings. The van der Waals surface area contributed by atoms with Gasteiger partial charge in [-0.3, -0.25) is 10.1 Å². The largest absolute Gasteiger partial charge is 0.466 e. The van der Waals surface area contributed by atoms with E-state index in [0.717, 1.165) is 20.3 Å². The number of nitro groups is 1. The highest BCUT2D eigenvalue weighted by Crippen LogP contribution is 2.41. The van der Waals surface area contributed by atoms with Crippen LogP contribution in [0, 0.1) is 17.0 Å². The first-order chi connectivity index (χ1) is 10.7. The van der Waals surface area contributed by atoms with E-state index in [1.54, 1.807) is 6.92 Å². The lowest BCUT2D eigenvalue weighted by Gasteiger charge is -2.14. The maximum atomic E-state index is 11.8. The molecule has 0 spiro atoms. The van der Waals surface area contributed by atoms with E-state index in [1.807, 2.05) is 0 Å². The van der Waals surface area contributed by atoms with Crippen molar-refractivity contribution >= 4 is 55.2 Å². The predicted molar refractivity (Wildman–Crippen MR) is 89.0 cm³/mol. The summed E-state index contributed by atoms with van der Waals surface area (Å²) >= 11 is 6.39. The number of ether oxygens (including phenoxy) is 2. The molecule has 0 aliphatic rings. The topological polar surface area (TPSA) is 108 Å². The Hall–Kier alpha value is -1.94.